The number of carbonyl (C=O) groups excluding carboxylic acids is 1. The molecule has 0 bridgehead atoms. The summed E-state index contributed by atoms with van der Waals surface area (Å²) in [5.41, 5.74) is 0.411. The van der Waals surface area contributed by atoms with Crippen molar-refractivity contribution in [2.24, 2.45) is 0 Å². The van der Waals surface area contributed by atoms with Gasteiger partial charge in [0.2, 0.25) is 5.91 Å². The summed E-state index contributed by atoms with van der Waals surface area (Å²) in [4.78, 5) is 22.4. The molecule has 0 atom stereocenters. The maximum atomic E-state index is 13.1. The van der Waals surface area contributed by atoms with Crippen molar-refractivity contribution in [1.82, 2.24) is 19.6 Å². The maximum Gasteiger partial charge on any atom is 0.350 e. The number of halogens is 2. The number of benzene rings is 1. The van der Waals surface area contributed by atoms with Gasteiger partial charge in [-0.1, -0.05) is 17.7 Å². The molecule has 0 saturated carbocycles. The molecule has 0 unspecified atom stereocenters. The van der Waals surface area contributed by atoms with Gasteiger partial charge in [0.15, 0.2) is 5.82 Å². The predicted octanol–water partition coefficient (Wildman–Crippen LogP) is 2.87. The summed E-state index contributed by atoms with van der Waals surface area (Å²) in [7, 11) is 1.28. The number of methoxy groups -OCH3 is 1. The van der Waals surface area contributed by atoms with Crippen LogP contribution in [0, 0.1) is 15.9 Å². The van der Waals surface area contributed by atoms with Crippen molar-refractivity contribution in [3.05, 3.63) is 63.2 Å². The molecule has 152 valence electrons. The fourth-order valence-corrected chi connectivity index (χ4v) is 2.77. The Hall–Kier alpha value is -3.47. The lowest BCUT2D eigenvalue weighted by Gasteiger charge is -2.05. The molecule has 1 amide bonds. The van der Waals surface area contributed by atoms with E-state index in [1.807, 2.05) is 0 Å². The van der Waals surface area contributed by atoms with Crippen LogP contribution in [-0.4, -0.2) is 37.5 Å². The van der Waals surface area contributed by atoms with Gasteiger partial charge in [-0.25, -0.2) is 4.39 Å². The van der Waals surface area contributed by atoms with E-state index in [4.69, 9.17) is 16.3 Å². The molecule has 0 fully saturated rings. The number of carbonyl (C=O) groups is 1. The van der Waals surface area contributed by atoms with E-state index in [1.54, 1.807) is 23.0 Å². The van der Waals surface area contributed by atoms with E-state index < -0.39 is 10.7 Å². The SMILES string of the molecule is COc1nn(CCC(=O)Nc2ccn(Cc3ccc(F)cc3Cl)n2)cc1[N+](=O)[O-]. The standard InChI is InChI=1S/C17H16ClFN6O4/c1-29-17-14(25(27)28)10-24(22-17)7-5-16(26)20-15-4-6-23(21-15)9-11-2-3-12(19)8-13(11)18/h2-4,6,8,10H,5,7,9H2,1H3,(H,20,21,26). The van der Waals surface area contributed by atoms with E-state index in [0.717, 1.165) is 0 Å². The molecule has 1 N–H and O–H groups in total. The van der Waals surface area contributed by atoms with Gasteiger partial charge in [-0.3, -0.25) is 24.3 Å². The van der Waals surface area contributed by atoms with Crippen molar-refractivity contribution in [2.75, 3.05) is 12.4 Å². The minimum atomic E-state index is -0.609. The van der Waals surface area contributed by atoms with Gasteiger partial charge in [0.1, 0.15) is 12.0 Å². The molecule has 29 heavy (non-hydrogen) atoms. The van der Waals surface area contributed by atoms with Gasteiger partial charge in [0.05, 0.1) is 25.1 Å². The maximum absolute atomic E-state index is 13.1. The molecule has 0 spiro atoms. The largest absolute Gasteiger partial charge is 0.475 e. The Morgan fingerprint density at radius 3 is 2.79 bits per heavy atom. The van der Waals surface area contributed by atoms with Gasteiger partial charge < -0.3 is 10.1 Å². The van der Waals surface area contributed by atoms with Crippen LogP contribution in [0.5, 0.6) is 5.88 Å². The summed E-state index contributed by atoms with van der Waals surface area (Å²) in [5, 5.41) is 21.9. The molecule has 12 heteroatoms. The highest BCUT2D eigenvalue weighted by Crippen LogP contribution is 2.24. The quantitative estimate of drug-likeness (QED) is 0.440. The fourth-order valence-electron chi connectivity index (χ4n) is 2.54. The van der Waals surface area contributed by atoms with Crippen molar-refractivity contribution in [3.8, 4) is 5.88 Å². The number of nitro groups is 1. The smallest absolute Gasteiger partial charge is 0.350 e. The number of hydrogen-bond acceptors (Lipinski definition) is 6. The van der Waals surface area contributed by atoms with Crippen molar-refractivity contribution >= 4 is 29.0 Å². The van der Waals surface area contributed by atoms with E-state index >= 15 is 0 Å². The van der Waals surface area contributed by atoms with Gasteiger partial charge in [-0.15, -0.1) is 5.10 Å². The first-order valence-electron chi connectivity index (χ1n) is 8.39. The molecular formula is C17H16ClFN6O4. The third kappa shape index (κ3) is 5.08. The normalized spacial score (nSPS) is 10.7. The lowest BCUT2D eigenvalue weighted by Crippen LogP contribution is -2.15. The van der Waals surface area contributed by atoms with E-state index in [-0.39, 0.29) is 35.5 Å². The Morgan fingerprint density at radius 2 is 2.14 bits per heavy atom. The van der Waals surface area contributed by atoms with Crippen molar-refractivity contribution < 1.29 is 18.8 Å². The summed E-state index contributed by atoms with van der Waals surface area (Å²) in [6, 6.07) is 5.70. The first kappa shape index (κ1) is 20.3. The molecule has 2 heterocycles. The van der Waals surface area contributed by atoms with Crippen LogP contribution in [0.15, 0.2) is 36.7 Å². The average molecular weight is 423 g/mol. The molecule has 0 aliphatic heterocycles. The minimum Gasteiger partial charge on any atom is -0.475 e. The van der Waals surface area contributed by atoms with Crippen molar-refractivity contribution in [2.45, 2.75) is 19.5 Å². The van der Waals surface area contributed by atoms with Crippen molar-refractivity contribution in [1.29, 1.82) is 0 Å². The molecule has 3 rings (SSSR count). The Morgan fingerprint density at radius 1 is 1.34 bits per heavy atom. The topological polar surface area (TPSA) is 117 Å². The van der Waals surface area contributed by atoms with Crippen LogP contribution >= 0.6 is 11.6 Å². The summed E-state index contributed by atoms with van der Waals surface area (Å²) in [5.74, 6) is -0.551. The second kappa shape index (κ2) is 8.69. The number of ether oxygens (including phenoxy) is 1. The van der Waals surface area contributed by atoms with E-state index in [1.165, 1.54) is 30.1 Å². The Labute approximate surface area is 169 Å². The zero-order chi connectivity index (χ0) is 21.0. The van der Waals surface area contributed by atoms with E-state index in [9.17, 15) is 19.3 Å². The third-order valence-corrected chi connectivity index (χ3v) is 4.28. The average Bonchev–Trinajstić information content (AvgIpc) is 3.29. The number of nitrogens with zero attached hydrogens (tertiary/aromatic N) is 5. The fraction of sp³-hybridized carbons (Fsp3) is 0.235. The van der Waals surface area contributed by atoms with Gasteiger partial charge >= 0.3 is 11.6 Å². The van der Waals surface area contributed by atoms with Gasteiger partial charge in [0.25, 0.3) is 0 Å². The van der Waals surface area contributed by atoms with Gasteiger partial charge in [-0.05, 0) is 17.7 Å². The number of aryl methyl sites for hydroxylation is 1. The summed E-state index contributed by atoms with van der Waals surface area (Å²) in [6.07, 6.45) is 2.88. The van der Waals surface area contributed by atoms with E-state index in [2.05, 4.69) is 15.5 Å². The number of nitrogens with one attached hydrogen (secondary N) is 1. The zero-order valence-electron chi connectivity index (χ0n) is 15.2. The molecule has 0 aliphatic carbocycles. The number of aromatic nitrogens is 4. The molecular weight excluding hydrogens is 407 g/mol. The lowest BCUT2D eigenvalue weighted by molar-refractivity contribution is -0.385. The Bertz CT molecular complexity index is 1050. The summed E-state index contributed by atoms with van der Waals surface area (Å²) >= 11 is 6.00. The number of anilines is 1. The zero-order valence-corrected chi connectivity index (χ0v) is 16.0. The lowest BCUT2D eigenvalue weighted by atomic mass is 10.2. The Kier molecular flexibility index (Phi) is 6.07. The predicted molar refractivity (Wildman–Crippen MR) is 101 cm³/mol. The molecule has 0 saturated heterocycles. The van der Waals surface area contributed by atoms with Crippen LogP contribution in [0.25, 0.3) is 0 Å². The Balaban J connectivity index is 1.56. The van der Waals surface area contributed by atoms with Gasteiger partial charge in [-0.2, -0.15) is 5.10 Å². The van der Waals surface area contributed by atoms with Crippen LogP contribution in [-0.2, 0) is 17.9 Å². The molecule has 3 aromatic rings. The molecule has 0 radical (unpaired) electrons. The van der Waals surface area contributed by atoms with Gasteiger partial charge in [0, 0.05) is 23.7 Å². The number of rotatable bonds is 8. The highest BCUT2D eigenvalue weighted by Gasteiger charge is 2.20. The highest BCUT2D eigenvalue weighted by molar-refractivity contribution is 6.31. The van der Waals surface area contributed by atoms with Crippen LogP contribution in [0.2, 0.25) is 5.02 Å². The van der Waals surface area contributed by atoms with Crippen LogP contribution in [0.3, 0.4) is 0 Å². The molecule has 10 nitrogen and oxygen atoms in total. The molecule has 0 aliphatic rings. The first-order valence-corrected chi connectivity index (χ1v) is 8.76. The van der Waals surface area contributed by atoms with Crippen LogP contribution in [0.4, 0.5) is 15.9 Å². The highest BCUT2D eigenvalue weighted by atomic mass is 35.5. The monoisotopic (exact) mass is 422 g/mol. The number of hydrogen-bond donors (Lipinski definition) is 1. The second-order valence-electron chi connectivity index (χ2n) is 5.98. The third-order valence-electron chi connectivity index (χ3n) is 3.92. The second-order valence-corrected chi connectivity index (χ2v) is 6.38. The van der Waals surface area contributed by atoms with Crippen LogP contribution in [0.1, 0.15) is 12.0 Å². The first-order chi connectivity index (χ1) is 13.9. The molecule has 1 aromatic carbocycles. The minimum absolute atomic E-state index is 0.0264. The summed E-state index contributed by atoms with van der Waals surface area (Å²) < 4.78 is 20.8. The summed E-state index contributed by atoms with van der Waals surface area (Å²) in [6.45, 7) is 0.438. The van der Waals surface area contributed by atoms with Crippen molar-refractivity contribution in [3.63, 3.8) is 0 Å². The van der Waals surface area contributed by atoms with Crippen LogP contribution < -0.4 is 10.1 Å². The molecule has 2 aromatic heterocycles. The van der Waals surface area contributed by atoms with E-state index in [0.29, 0.717) is 17.9 Å². The number of amides is 1.